The maximum atomic E-state index is 13.1. The molecule has 1 aromatic rings. The summed E-state index contributed by atoms with van der Waals surface area (Å²) in [6.07, 6.45) is 4.84. The normalized spacial score (nSPS) is 16.0. The first-order chi connectivity index (χ1) is 12.1. The van der Waals surface area contributed by atoms with Crippen LogP contribution < -0.4 is 10.6 Å². The first-order valence-electron chi connectivity index (χ1n) is 8.94. The van der Waals surface area contributed by atoms with E-state index in [0.29, 0.717) is 24.0 Å². The van der Waals surface area contributed by atoms with Crippen molar-refractivity contribution in [3.63, 3.8) is 0 Å². The molecule has 0 saturated carbocycles. The van der Waals surface area contributed by atoms with Crippen molar-refractivity contribution in [2.45, 2.75) is 32.2 Å². The molecule has 146 valence electrons. The summed E-state index contributed by atoms with van der Waals surface area (Å²) in [7, 11) is 0. The van der Waals surface area contributed by atoms with Gasteiger partial charge >= 0.3 is 0 Å². The zero-order chi connectivity index (χ0) is 18.1. The van der Waals surface area contributed by atoms with Gasteiger partial charge < -0.3 is 10.6 Å². The van der Waals surface area contributed by atoms with Crippen LogP contribution >= 0.6 is 35.6 Å². The van der Waals surface area contributed by atoms with Crippen molar-refractivity contribution in [3.8, 4) is 0 Å². The number of likely N-dealkylation sites (tertiary alicyclic amines) is 1. The van der Waals surface area contributed by atoms with Crippen molar-refractivity contribution in [3.05, 3.63) is 47.3 Å². The molecule has 1 aromatic carbocycles. The molecule has 0 aliphatic carbocycles. The van der Waals surface area contributed by atoms with Crippen LogP contribution in [0.5, 0.6) is 0 Å². The SMILES string of the molecule is C=CCN1CCC(NC(=NCCc2ccc(F)cc2Cl)NCC)CC1.I. The Morgan fingerprint density at radius 3 is 2.77 bits per heavy atom. The first kappa shape index (κ1) is 23.2. The molecule has 0 amide bonds. The van der Waals surface area contributed by atoms with Crippen molar-refractivity contribution in [1.29, 1.82) is 0 Å². The van der Waals surface area contributed by atoms with Gasteiger partial charge in [-0.15, -0.1) is 30.6 Å². The fourth-order valence-electron chi connectivity index (χ4n) is 2.97. The van der Waals surface area contributed by atoms with E-state index in [0.717, 1.165) is 50.5 Å². The second-order valence-electron chi connectivity index (χ2n) is 6.25. The molecule has 1 fully saturated rings. The van der Waals surface area contributed by atoms with E-state index in [-0.39, 0.29) is 29.8 Å². The number of nitrogens with one attached hydrogen (secondary N) is 2. The highest BCUT2D eigenvalue weighted by Gasteiger charge is 2.18. The fraction of sp³-hybridized carbons (Fsp3) is 0.526. The molecule has 0 atom stereocenters. The predicted molar refractivity (Wildman–Crippen MR) is 119 cm³/mol. The zero-order valence-corrected chi connectivity index (χ0v) is 18.4. The maximum absolute atomic E-state index is 13.1. The Bertz CT molecular complexity index is 589. The van der Waals surface area contributed by atoms with Crippen molar-refractivity contribution >= 4 is 41.5 Å². The number of guanidine groups is 1. The van der Waals surface area contributed by atoms with Crippen molar-refractivity contribution < 1.29 is 4.39 Å². The summed E-state index contributed by atoms with van der Waals surface area (Å²) in [6, 6.07) is 4.95. The second-order valence-corrected chi connectivity index (χ2v) is 6.66. The van der Waals surface area contributed by atoms with E-state index < -0.39 is 0 Å². The molecule has 0 aromatic heterocycles. The number of benzene rings is 1. The number of rotatable bonds is 7. The molecule has 0 radical (unpaired) electrons. The number of aliphatic imine (C=N–C) groups is 1. The van der Waals surface area contributed by atoms with Gasteiger partial charge in [-0.2, -0.15) is 0 Å². The molecule has 0 spiro atoms. The molecule has 0 unspecified atom stereocenters. The van der Waals surface area contributed by atoms with Crippen LogP contribution in [-0.2, 0) is 6.42 Å². The van der Waals surface area contributed by atoms with Gasteiger partial charge in [-0.05, 0) is 43.9 Å². The van der Waals surface area contributed by atoms with E-state index in [9.17, 15) is 4.39 Å². The van der Waals surface area contributed by atoms with Crippen LogP contribution in [0, 0.1) is 5.82 Å². The smallest absolute Gasteiger partial charge is 0.191 e. The predicted octanol–water partition coefficient (Wildman–Crippen LogP) is 3.85. The summed E-state index contributed by atoms with van der Waals surface area (Å²) < 4.78 is 13.1. The minimum Gasteiger partial charge on any atom is -0.357 e. The maximum Gasteiger partial charge on any atom is 0.191 e. The van der Waals surface area contributed by atoms with Gasteiger partial charge in [-0.1, -0.05) is 23.7 Å². The Labute approximate surface area is 178 Å². The summed E-state index contributed by atoms with van der Waals surface area (Å²) >= 11 is 6.07. The summed E-state index contributed by atoms with van der Waals surface area (Å²) in [4.78, 5) is 7.04. The highest BCUT2D eigenvalue weighted by Crippen LogP contribution is 2.17. The largest absolute Gasteiger partial charge is 0.357 e. The number of piperidine rings is 1. The summed E-state index contributed by atoms with van der Waals surface area (Å²) in [5, 5.41) is 7.28. The van der Waals surface area contributed by atoms with Crippen LogP contribution in [-0.4, -0.2) is 49.6 Å². The van der Waals surface area contributed by atoms with Crippen LogP contribution in [0.1, 0.15) is 25.3 Å². The molecule has 1 aliphatic rings. The molecule has 0 bridgehead atoms. The van der Waals surface area contributed by atoms with E-state index >= 15 is 0 Å². The standard InChI is InChI=1S/C19H28ClFN4.HI/c1-3-11-25-12-8-17(9-13-25)24-19(22-4-2)23-10-7-15-5-6-16(21)14-18(15)20;/h3,5-6,14,17H,1,4,7-13H2,2H3,(H2,22,23,24);1H. The van der Waals surface area contributed by atoms with Gasteiger partial charge in [-0.25, -0.2) is 4.39 Å². The van der Waals surface area contributed by atoms with Gasteiger partial charge in [0.25, 0.3) is 0 Å². The van der Waals surface area contributed by atoms with Crippen LogP contribution in [0.2, 0.25) is 5.02 Å². The van der Waals surface area contributed by atoms with E-state index in [2.05, 4.69) is 34.0 Å². The first-order valence-corrected chi connectivity index (χ1v) is 9.32. The lowest BCUT2D eigenvalue weighted by Gasteiger charge is -2.32. The van der Waals surface area contributed by atoms with Gasteiger partial charge in [0.2, 0.25) is 0 Å². The molecule has 7 heteroatoms. The van der Waals surface area contributed by atoms with Crippen LogP contribution in [0.15, 0.2) is 35.8 Å². The summed E-state index contributed by atoms with van der Waals surface area (Å²) in [5.74, 6) is 0.526. The molecule has 1 heterocycles. The van der Waals surface area contributed by atoms with Gasteiger partial charge in [0.15, 0.2) is 5.96 Å². The molecule has 2 N–H and O–H groups in total. The highest BCUT2D eigenvalue weighted by atomic mass is 127. The third kappa shape index (κ3) is 7.80. The monoisotopic (exact) mass is 494 g/mol. The van der Waals surface area contributed by atoms with Gasteiger partial charge in [-0.3, -0.25) is 9.89 Å². The summed E-state index contributed by atoms with van der Waals surface area (Å²) in [5.41, 5.74) is 0.917. The van der Waals surface area contributed by atoms with E-state index in [1.54, 1.807) is 6.07 Å². The molecule has 26 heavy (non-hydrogen) atoms. The topological polar surface area (TPSA) is 39.7 Å². The summed E-state index contributed by atoms with van der Waals surface area (Å²) in [6.45, 7) is 10.4. The van der Waals surface area contributed by atoms with Crippen LogP contribution in [0.4, 0.5) is 4.39 Å². The molecule has 1 aliphatic heterocycles. The van der Waals surface area contributed by atoms with Crippen molar-refractivity contribution in [2.24, 2.45) is 4.99 Å². The molecule has 1 saturated heterocycles. The Morgan fingerprint density at radius 1 is 1.42 bits per heavy atom. The lowest BCUT2D eigenvalue weighted by atomic mass is 10.1. The average molecular weight is 495 g/mol. The lowest BCUT2D eigenvalue weighted by Crippen LogP contribution is -2.48. The Hall–Kier alpha value is -0.860. The number of hydrogen-bond acceptors (Lipinski definition) is 2. The van der Waals surface area contributed by atoms with E-state index in [1.807, 2.05) is 6.08 Å². The van der Waals surface area contributed by atoms with Gasteiger partial charge in [0.1, 0.15) is 5.82 Å². The quantitative estimate of drug-likeness (QED) is 0.262. The molecule has 2 rings (SSSR count). The lowest BCUT2D eigenvalue weighted by molar-refractivity contribution is 0.225. The van der Waals surface area contributed by atoms with Crippen LogP contribution in [0.3, 0.4) is 0 Å². The van der Waals surface area contributed by atoms with Gasteiger partial charge in [0.05, 0.1) is 0 Å². The molecule has 4 nitrogen and oxygen atoms in total. The molecular weight excluding hydrogens is 466 g/mol. The van der Waals surface area contributed by atoms with Crippen molar-refractivity contribution in [1.82, 2.24) is 15.5 Å². The van der Waals surface area contributed by atoms with E-state index in [1.165, 1.54) is 12.1 Å². The minimum absolute atomic E-state index is 0. The number of hydrogen-bond donors (Lipinski definition) is 2. The Kier molecular flexibility index (Phi) is 11.2. The average Bonchev–Trinajstić information content (AvgIpc) is 2.59. The highest BCUT2D eigenvalue weighted by molar-refractivity contribution is 14.0. The number of nitrogens with zero attached hydrogens (tertiary/aromatic N) is 2. The second kappa shape index (κ2) is 12.5. The minimum atomic E-state index is -0.310. The zero-order valence-electron chi connectivity index (χ0n) is 15.3. The van der Waals surface area contributed by atoms with Crippen LogP contribution in [0.25, 0.3) is 0 Å². The third-order valence-corrected chi connectivity index (χ3v) is 4.68. The van der Waals surface area contributed by atoms with Gasteiger partial charge in [0, 0.05) is 43.8 Å². The fourth-order valence-corrected chi connectivity index (χ4v) is 3.23. The Morgan fingerprint density at radius 2 is 2.15 bits per heavy atom. The Balaban J connectivity index is 0.00000338. The molecular formula is C19H29ClFIN4. The number of halogens is 3. The van der Waals surface area contributed by atoms with E-state index in [4.69, 9.17) is 11.6 Å². The van der Waals surface area contributed by atoms with Crippen molar-refractivity contribution in [2.75, 3.05) is 32.7 Å². The third-order valence-electron chi connectivity index (χ3n) is 4.33.